The zero-order valence-electron chi connectivity index (χ0n) is 13.2. The van der Waals surface area contributed by atoms with E-state index in [1.807, 2.05) is 42.5 Å². The molecule has 0 saturated carbocycles. The van der Waals surface area contributed by atoms with Crippen molar-refractivity contribution in [1.29, 1.82) is 0 Å². The number of carbonyl (C=O) groups is 1. The lowest BCUT2D eigenvalue weighted by Gasteiger charge is -2.10. The van der Waals surface area contributed by atoms with Gasteiger partial charge in [-0.15, -0.1) is 0 Å². The largest absolute Gasteiger partial charge is 0.497 e. The number of hydrogen-bond donors (Lipinski definition) is 2. The van der Waals surface area contributed by atoms with E-state index in [9.17, 15) is 9.90 Å². The van der Waals surface area contributed by atoms with Gasteiger partial charge < -0.3 is 20.4 Å². The summed E-state index contributed by atoms with van der Waals surface area (Å²) in [4.78, 5) is 16.2. The van der Waals surface area contributed by atoms with Crippen molar-refractivity contribution in [3.63, 3.8) is 0 Å². The van der Waals surface area contributed by atoms with E-state index in [1.165, 1.54) is 0 Å². The second kappa shape index (κ2) is 6.72. The van der Waals surface area contributed by atoms with Crippen LogP contribution < -0.4 is 10.5 Å². The number of nitrogens with two attached hydrogens (primary N) is 1. The van der Waals surface area contributed by atoms with Crippen LogP contribution in [0.4, 0.5) is 0 Å². The molecule has 6 heteroatoms. The molecule has 124 valence electrons. The number of hydrogen-bond acceptors (Lipinski definition) is 5. The van der Waals surface area contributed by atoms with Gasteiger partial charge in [0, 0.05) is 6.42 Å². The maximum absolute atomic E-state index is 11.1. The third kappa shape index (κ3) is 3.09. The Morgan fingerprint density at radius 3 is 2.58 bits per heavy atom. The zero-order chi connectivity index (χ0) is 17.1. The molecule has 0 fully saturated rings. The number of benzene rings is 2. The molecular weight excluding hydrogens is 308 g/mol. The first kappa shape index (κ1) is 16.0. The molecule has 1 aliphatic rings. The van der Waals surface area contributed by atoms with E-state index in [0.717, 1.165) is 22.3 Å². The predicted molar refractivity (Wildman–Crippen MR) is 89.6 cm³/mol. The molecule has 2 aromatic carbocycles. The summed E-state index contributed by atoms with van der Waals surface area (Å²) in [5.74, 6) is 0.186. The Balaban J connectivity index is 1.84. The van der Waals surface area contributed by atoms with Crippen molar-refractivity contribution in [2.24, 2.45) is 10.9 Å². The molecule has 6 nitrogen and oxygen atoms in total. The molecule has 1 aliphatic heterocycles. The Morgan fingerprint density at radius 2 is 2.00 bits per heavy atom. The summed E-state index contributed by atoms with van der Waals surface area (Å²) < 4.78 is 5.19. The molecule has 0 spiro atoms. The van der Waals surface area contributed by atoms with Gasteiger partial charge in [0.15, 0.2) is 0 Å². The monoisotopic (exact) mass is 326 g/mol. The van der Waals surface area contributed by atoms with E-state index < -0.39 is 12.0 Å². The normalized spacial score (nSPS) is 16.4. The van der Waals surface area contributed by atoms with Gasteiger partial charge in [0.2, 0.25) is 6.10 Å². The van der Waals surface area contributed by atoms with Gasteiger partial charge in [0.25, 0.3) is 5.91 Å². The zero-order valence-corrected chi connectivity index (χ0v) is 13.2. The number of rotatable bonds is 5. The Morgan fingerprint density at radius 1 is 1.29 bits per heavy atom. The highest BCUT2D eigenvalue weighted by Gasteiger charge is 2.26. The van der Waals surface area contributed by atoms with E-state index in [1.54, 1.807) is 7.11 Å². The van der Waals surface area contributed by atoms with Gasteiger partial charge in [0.1, 0.15) is 5.75 Å². The SMILES string of the molecule is COc1ccc(-c2ccc(C3=NOC(C(N)=O)C3)cc2)c(CO)c1. The lowest BCUT2D eigenvalue weighted by Crippen LogP contribution is -2.28. The highest BCUT2D eigenvalue weighted by atomic mass is 16.6. The number of methoxy groups -OCH3 is 1. The van der Waals surface area contributed by atoms with Crippen molar-refractivity contribution < 1.29 is 19.5 Å². The molecular formula is C18H18N2O4. The average Bonchev–Trinajstić information content (AvgIpc) is 3.12. The number of amides is 1. The maximum atomic E-state index is 11.1. The van der Waals surface area contributed by atoms with Gasteiger partial charge in [0.05, 0.1) is 19.4 Å². The Bertz CT molecular complexity index is 784. The van der Waals surface area contributed by atoms with Crippen molar-refractivity contribution in [3.05, 3.63) is 53.6 Å². The molecule has 0 radical (unpaired) electrons. The molecule has 0 bridgehead atoms. The molecule has 0 aliphatic carbocycles. The van der Waals surface area contributed by atoms with E-state index in [-0.39, 0.29) is 6.61 Å². The van der Waals surface area contributed by atoms with Crippen LogP contribution in [0.1, 0.15) is 17.5 Å². The van der Waals surface area contributed by atoms with Crippen molar-refractivity contribution in [2.75, 3.05) is 7.11 Å². The number of nitrogens with zero attached hydrogens (tertiary/aromatic N) is 1. The van der Waals surface area contributed by atoms with E-state index >= 15 is 0 Å². The molecule has 0 aromatic heterocycles. The number of ether oxygens (including phenoxy) is 1. The molecule has 1 atom stereocenters. The van der Waals surface area contributed by atoms with Gasteiger partial charge in [-0.05, 0) is 34.4 Å². The summed E-state index contributed by atoms with van der Waals surface area (Å²) in [7, 11) is 1.59. The fourth-order valence-electron chi connectivity index (χ4n) is 2.65. The molecule has 2 aromatic rings. The molecule has 24 heavy (non-hydrogen) atoms. The van der Waals surface area contributed by atoms with Crippen molar-refractivity contribution >= 4 is 11.6 Å². The van der Waals surface area contributed by atoms with Crippen LogP contribution in [-0.2, 0) is 16.2 Å². The van der Waals surface area contributed by atoms with Crippen molar-refractivity contribution in [1.82, 2.24) is 0 Å². The standard InChI is InChI=1S/C18H18N2O4/c1-23-14-6-7-15(13(8-14)10-21)11-2-4-12(5-3-11)16-9-17(18(19)22)24-20-16/h2-8,17,21H,9-10H2,1H3,(H2,19,22). The average molecular weight is 326 g/mol. The van der Waals surface area contributed by atoms with Crippen LogP contribution in [0.25, 0.3) is 11.1 Å². The molecule has 3 rings (SSSR count). The first-order valence-electron chi connectivity index (χ1n) is 7.53. The Kier molecular flexibility index (Phi) is 4.48. The summed E-state index contributed by atoms with van der Waals surface area (Å²) in [6.07, 6.45) is -0.318. The van der Waals surface area contributed by atoms with Crippen molar-refractivity contribution in [3.8, 4) is 16.9 Å². The fourth-order valence-corrected chi connectivity index (χ4v) is 2.65. The van der Waals surface area contributed by atoms with Crippen LogP contribution in [0, 0.1) is 0 Å². The van der Waals surface area contributed by atoms with Gasteiger partial charge in [-0.3, -0.25) is 4.79 Å². The van der Waals surface area contributed by atoms with Gasteiger partial charge in [-0.1, -0.05) is 35.5 Å². The van der Waals surface area contributed by atoms with Crippen LogP contribution in [0.5, 0.6) is 5.75 Å². The van der Waals surface area contributed by atoms with Gasteiger partial charge >= 0.3 is 0 Å². The quantitative estimate of drug-likeness (QED) is 0.876. The smallest absolute Gasteiger partial charge is 0.261 e. The highest BCUT2D eigenvalue weighted by Crippen LogP contribution is 2.28. The van der Waals surface area contributed by atoms with Crippen LogP contribution in [-0.4, -0.2) is 29.9 Å². The van der Waals surface area contributed by atoms with Crippen LogP contribution in [0.3, 0.4) is 0 Å². The third-order valence-electron chi connectivity index (χ3n) is 4.00. The van der Waals surface area contributed by atoms with E-state index in [4.69, 9.17) is 15.3 Å². The number of aliphatic hydroxyl groups excluding tert-OH is 1. The molecule has 3 N–H and O–H groups in total. The summed E-state index contributed by atoms with van der Waals surface area (Å²) in [5, 5.41) is 13.5. The predicted octanol–water partition coefficient (Wildman–Crippen LogP) is 1.83. The summed E-state index contributed by atoms with van der Waals surface area (Å²) in [5.41, 5.74) is 9.49. The Labute approximate surface area is 139 Å². The topological polar surface area (TPSA) is 94.1 Å². The second-order valence-electron chi connectivity index (χ2n) is 5.50. The van der Waals surface area contributed by atoms with Gasteiger partial charge in [-0.25, -0.2) is 0 Å². The minimum atomic E-state index is -0.692. The minimum absolute atomic E-state index is 0.0743. The first-order valence-corrected chi connectivity index (χ1v) is 7.53. The Hall–Kier alpha value is -2.86. The van der Waals surface area contributed by atoms with E-state index in [2.05, 4.69) is 5.16 Å². The molecule has 1 heterocycles. The maximum Gasteiger partial charge on any atom is 0.261 e. The number of oxime groups is 1. The fraction of sp³-hybridized carbons (Fsp3) is 0.222. The first-order chi connectivity index (χ1) is 11.6. The summed E-state index contributed by atoms with van der Waals surface area (Å²) >= 11 is 0. The van der Waals surface area contributed by atoms with Crippen molar-refractivity contribution in [2.45, 2.75) is 19.1 Å². The molecule has 1 amide bonds. The van der Waals surface area contributed by atoms with Crippen LogP contribution in [0.15, 0.2) is 47.6 Å². The third-order valence-corrected chi connectivity index (χ3v) is 4.00. The second-order valence-corrected chi connectivity index (χ2v) is 5.50. The number of aliphatic hydroxyl groups is 1. The lowest BCUT2D eigenvalue weighted by molar-refractivity contribution is -0.127. The molecule has 1 unspecified atom stereocenters. The minimum Gasteiger partial charge on any atom is -0.497 e. The van der Waals surface area contributed by atoms with Gasteiger partial charge in [-0.2, -0.15) is 0 Å². The van der Waals surface area contributed by atoms with Crippen LogP contribution >= 0.6 is 0 Å². The highest BCUT2D eigenvalue weighted by molar-refractivity contribution is 6.04. The number of carbonyl (C=O) groups excluding carboxylic acids is 1. The van der Waals surface area contributed by atoms with E-state index in [0.29, 0.717) is 17.9 Å². The van der Waals surface area contributed by atoms with Crippen LogP contribution in [0.2, 0.25) is 0 Å². The lowest BCUT2D eigenvalue weighted by atomic mass is 9.97. The molecule has 0 saturated heterocycles. The number of primary amides is 1. The summed E-state index contributed by atoms with van der Waals surface area (Å²) in [6.45, 7) is -0.0743. The summed E-state index contributed by atoms with van der Waals surface area (Å²) in [6, 6.07) is 13.3.